The highest BCUT2D eigenvalue weighted by Gasteiger charge is 2.10. The average Bonchev–Trinajstić information content (AvgIpc) is 2.43. The molecule has 20 heavy (non-hydrogen) atoms. The Bertz CT molecular complexity index is 683. The lowest BCUT2D eigenvalue weighted by Crippen LogP contribution is -2.15. The van der Waals surface area contributed by atoms with E-state index in [4.69, 9.17) is 5.73 Å². The number of benzene rings is 2. The van der Waals surface area contributed by atoms with Gasteiger partial charge in [-0.05, 0) is 42.8 Å². The third kappa shape index (κ3) is 3.24. The van der Waals surface area contributed by atoms with Crippen molar-refractivity contribution in [2.24, 2.45) is 5.73 Å². The maximum Gasteiger partial charge on any atom is 0.255 e. The molecule has 0 aliphatic carbocycles. The summed E-state index contributed by atoms with van der Waals surface area (Å²) in [5.41, 5.74) is 7.57. The molecular weight excluding hydrogens is 320 g/mol. The molecule has 0 unspecified atom stereocenters. The Hall–Kier alpha value is -2.14. The van der Waals surface area contributed by atoms with Gasteiger partial charge < -0.3 is 11.1 Å². The lowest BCUT2D eigenvalue weighted by Gasteiger charge is -2.09. The Labute approximate surface area is 125 Å². The first kappa shape index (κ1) is 14.3. The van der Waals surface area contributed by atoms with Gasteiger partial charge in [-0.15, -0.1) is 0 Å². The number of hydrogen-bond donors (Lipinski definition) is 2. The topological polar surface area (TPSA) is 72.2 Å². The van der Waals surface area contributed by atoms with Crippen LogP contribution in [0.2, 0.25) is 0 Å². The molecule has 2 rings (SSSR count). The first-order valence-electron chi connectivity index (χ1n) is 5.95. The zero-order chi connectivity index (χ0) is 14.7. The van der Waals surface area contributed by atoms with Gasteiger partial charge in [-0.2, -0.15) is 0 Å². The highest BCUT2D eigenvalue weighted by molar-refractivity contribution is 9.10. The summed E-state index contributed by atoms with van der Waals surface area (Å²) >= 11 is 3.36. The van der Waals surface area contributed by atoms with Crippen molar-refractivity contribution in [1.29, 1.82) is 0 Å². The van der Waals surface area contributed by atoms with Crippen molar-refractivity contribution in [3.8, 4) is 0 Å². The average molecular weight is 333 g/mol. The molecule has 4 nitrogen and oxygen atoms in total. The monoisotopic (exact) mass is 332 g/mol. The lowest BCUT2D eigenvalue weighted by molar-refractivity contribution is 0.1000. The van der Waals surface area contributed by atoms with Crippen molar-refractivity contribution < 1.29 is 9.59 Å². The summed E-state index contributed by atoms with van der Waals surface area (Å²) in [6.45, 7) is 1.90. The molecule has 0 aliphatic rings. The molecule has 2 aromatic carbocycles. The fourth-order valence-corrected chi connectivity index (χ4v) is 2.10. The number of anilines is 1. The summed E-state index contributed by atoms with van der Waals surface area (Å²) in [5, 5.41) is 2.81. The number of aryl methyl sites for hydroxylation is 1. The summed E-state index contributed by atoms with van der Waals surface area (Å²) in [6, 6.07) is 11.9. The zero-order valence-corrected chi connectivity index (χ0v) is 12.4. The van der Waals surface area contributed by atoms with Crippen LogP contribution in [0.15, 0.2) is 46.9 Å². The van der Waals surface area contributed by atoms with Crippen LogP contribution in [0.25, 0.3) is 0 Å². The molecule has 5 heteroatoms. The highest BCUT2D eigenvalue weighted by atomic mass is 79.9. The van der Waals surface area contributed by atoms with Gasteiger partial charge in [-0.25, -0.2) is 0 Å². The molecule has 0 bridgehead atoms. The second kappa shape index (κ2) is 5.88. The molecule has 0 saturated carbocycles. The van der Waals surface area contributed by atoms with E-state index in [0.29, 0.717) is 16.8 Å². The molecule has 102 valence electrons. The van der Waals surface area contributed by atoms with Gasteiger partial charge in [0.1, 0.15) is 0 Å². The minimum absolute atomic E-state index is 0.283. The predicted octanol–water partition coefficient (Wildman–Crippen LogP) is 3.11. The number of carbonyl (C=O) groups is 2. The Morgan fingerprint density at radius 3 is 2.50 bits per heavy atom. The summed E-state index contributed by atoms with van der Waals surface area (Å²) in [5.74, 6) is -0.840. The molecule has 3 N–H and O–H groups in total. The first-order chi connectivity index (χ1) is 9.47. The Balaban J connectivity index is 2.26. The molecule has 0 aliphatic heterocycles. The molecular formula is C15H13BrN2O2. The van der Waals surface area contributed by atoms with Crippen LogP contribution in [0.3, 0.4) is 0 Å². The van der Waals surface area contributed by atoms with Crippen LogP contribution in [0, 0.1) is 6.92 Å². The van der Waals surface area contributed by atoms with Gasteiger partial charge in [0.15, 0.2) is 0 Å². The summed E-state index contributed by atoms with van der Waals surface area (Å²) < 4.78 is 0.879. The summed E-state index contributed by atoms with van der Waals surface area (Å²) in [4.78, 5) is 23.3. The predicted molar refractivity (Wildman–Crippen MR) is 81.8 cm³/mol. The van der Waals surface area contributed by atoms with E-state index in [0.717, 1.165) is 10.0 Å². The number of hydrogen-bond acceptors (Lipinski definition) is 2. The van der Waals surface area contributed by atoms with Gasteiger partial charge >= 0.3 is 0 Å². The van der Waals surface area contributed by atoms with Gasteiger partial charge in [0.05, 0.1) is 0 Å². The van der Waals surface area contributed by atoms with Crippen LogP contribution in [0.1, 0.15) is 26.3 Å². The number of nitrogens with one attached hydrogen (secondary N) is 1. The maximum atomic E-state index is 12.2. The standard InChI is InChI=1S/C15H13BrN2O2/c1-9-5-6-12(16)8-13(9)18-15(20)11-4-2-3-10(7-11)14(17)19/h2-8H,1H3,(H2,17,19)(H,18,20). The van der Waals surface area contributed by atoms with Crippen LogP contribution in [-0.2, 0) is 0 Å². The number of rotatable bonds is 3. The van der Waals surface area contributed by atoms with Gasteiger partial charge in [-0.1, -0.05) is 28.1 Å². The van der Waals surface area contributed by atoms with Gasteiger partial charge in [0.25, 0.3) is 5.91 Å². The fourth-order valence-electron chi connectivity index (χ4n) is 1.74. The van der Waals surface area contributed by atoms with E-state index in [-0.39, 0.29) is 5.91 Å². The zero-order valence-electron chi connectivity index (χ0n) is 10.8. The highest BCUT2D eigenvalue weighted by Crippen LogP contribution is 2.21. The number of amides is 2. The lowest BCUT2D eigenvalue weighted by atomic mass is 10.1. The summed E-state index contributed by atoms with van der Waals surface area (Å²) in [7, 11) is 0. The number of halogens is 1. The molecule has 0 fully saturated rings. The van der Waals surface area contributed by atoms with Crippen molar-refractivity contribution in [2.45, 2.75) is 6.92 Å². The number of carbonyl (C=O) groups excluding carboxylic acids is 2. The van der Waals surface area contributed by atoms with E-state index in [9.17, 15) is 9.59 Å². The van der Waals surface area contributed by atoms with E-state index < -0.39 is 5.91 Å². The minimum Gasteiger partial charge on any atom is -0.366 e. The smallest absolute Gasteiger partial charge is 0.255 e. The van der Waals surface area contributed by atoms with Crippen LogP contribution in [0.4, 0.5) is 5.69 Å². The van der Waals surface area contributed by atoms with E-state index in [1.807, 2.05) is 25.1 Å². The van der Waals surface area contributed by atoms with Crippen molar-refractivity contribution in [3.05, 3.63) is 63.6 Å². The second-order valence-corrected chi connectivity index (χ2v) is 5.27. The Morgan fingerprint density at radius 2 is 1.80 bits per heavy atom. The molecule has 2 amide bonds. The van der Waals surface area contributed by atoms with Gasteiger partial charge in [0, 0.05) is 21.3 Å². The van der Waals surface area contributed by atoms with Crippen LogP contribution in [0.5, 0.6) is 0 Å². The molecule has 0 radical (unpaired) electrons. The van der Waals surface area contributed by atoms with E-state index in [2.05, 4.69) is 21.2 Å². The van der Waals surface area contributed by atoms with Crippen molar-refractivity contribution >= 4 is 33.4 Å². The van der Waals surface area contributed by atoms with E-state index in [1.165, 1.54) is 6.07 Å². The van der Waals surface area contributed by atoms with Crippen molar-refractivity contribution in [2.75, 3.05) is 5.32 Å². The molecule has 0 atom stereocenters. The van der Waals surface area contributed by atoms with E-state index >= 15 is 0 Å². The molecule has 0 aromatic heterocycles. The third-order valence-corrected chi connectivity index (χ3v) is 3.35. The normalized spacial score (nSPS) is 10.1. The summed E-state index contributed by atoms with van der Waals surface area (Å²) in [6.07, 6.45) is 0. The van der Waals surface area contributed by atoms with Crippen molar-refractivity contribution in [1.82, 2.24) is 0 Å². The second-order valence-electron chi connectivity index (χ2n) is 4.36. The van der Waals surface area contributed by atoms with Gasteiger partial charge in [-0.3, -0.25) is 9.59 Å². The maximum absolute atomic E-state index is 12.2. The third-order valence-electron chi connectivity index (χ3n) is 2.86. The van der Waals surface area contributed by atoms with Crippen LogP contribution < -0.4 is 11.1 Å². The number of nitrogens with two attached hydrogens (primary N) is 1. The Kier molecular flexibility index (Phi) is 4.20. The first-order valence-corrected chi connectivity index (χ1v) is 6.74. The van der Waals surface area contributed by atoms with Crippen LogP contribution >= 0.6 is 15.9 Å². The molecule has 0 heterocycles. The SMILES string of the molecule is Cc1ccc(Br)cc1NC(=O)c1cccc(C(N)=O)c1. The molecule has 0 spiro atoms. The Morgan fingerprint density at radius 1 is 1.10 bits per heavy atom. The molecule has 0 saturated heterocycles. The number of primary amides is 1. The van der Waals surface area contributed by atoms with E-state index in [1.54, 1.807) is 18.2 Å². The quantitative estimate of drug-likeness (QED) is 0.906. The fraction of sp³-hybridized carbons (Fsp3) is 0.0667. The largest absolute Gasteiger partial charge is 0.366 e. The van der Waals surface area contributed by atoms with Crippen molar-refractivity contribution in [3.63, 3.8) is 0 Å². The van der Waals surface area contributed by atoms with Crippen LogP contribution in [-0.4, -0.2) is 11.8 Å². The minimum atomic E-state index is -0.557. The molecule has 2 aromatic rings. The van der Waals surface area contributed by atoms with Gasteiger partial charge in [0.2, 0.25) is 5.91 Å².